The highest BCUT2D eigenvalue weighted by Gasteiger charge is 2.46. The van der Waals surface area contributed by atoms with Crippen LogP contribution < -0.4 is 0 Å². The number of rotatable bonds is 5. The zero-order valence-electron chi connectivity index (χ0n) is 14.6. The molecule has 2 aliphatic heterocycles. The van der Waals surface area contributed by atoms with E-state index in [9.17, 15) is 13.2 Å². The van der Waals surface area contributed by atoms with Gasteiger partial charge in [0.05, 0.1) is 19.4 Å². The van der Waals surface area contributed by atoms with Gasteiger partial charge in [-0.15, -0.1) is 0 Å². The molecule has 2 fully saturated rings. The minimum absolute atomic E-state index is 0.0942. The van der Waals surface area contributed by atoms with Crippen molar-refractivity contribution in [1.29, 1.82) is 0 Å². The van der Waals surface area contributed by atoms with E-state index < -0.39 is 10.0 Å². The van der Waals surface area contributed by atoms with Crippen LogP contribution >= 0.6 is 0 Å². The molecule has 0 bridgehead atoms. The normalized spacial score (nSPS) is 25.8. The Bertz CT molecular complexity index is 527. The fourth-order valence-corrected chi connectivity index (χ4v) is 4.61. The Morgan fingerprint density at radius 3 is 2.39 bits per heavy atom. The Kier molecular flexibility index (Phi) is 5.71. The number of likely N-dealkylation sites (N-methyl/N-ethyl adjacent to an activating group) is 1. The highest BCUT2D eigenvalue weighted by atomic mass is 32.2. The second kappa shape index (κ2) is 7.04. The summed E-state index contributed by atoms with van der Waals surface area (Å²) in [4.78, 5) is 15.9. The zero-order valence-corrected chi connectivity index (χ0v) is 15.4. The number of carbonyl (C=O) groups is 1. The van der Waals surface area contributed by atoms with Crippen molar-refractivity contribution in [1.82, 2.24) is 14.1 Å². The molecule has 8 heteroatoms. The third kappa shape index (κ3) is 4.43. The maximum Gasteiger partial charge on any atom is 0.236 e. The Morgan fingerprint density at radius 2 is 1.91 bits per heavy atom. The van der Waals surface area contributed by atoms with Crippen molar-refractivity contribution >= 4 is 15.9 Å². The number of amides is 1. The van der Waals surface area contributed by atoms with Crippen molar-refractivity contribution < 1.29 is 17.9 Å². The van der Waals surface area contributed by atoms with Crippen molar-refractivity contribution in [3.05, 3.63) is 0 Å². The van der Waals surface area contributed by atoms with Gasteiger partial charge in [-0.05, 0) is 24.7 Å². The second-order valence-electron chi connectivity index (χ2n) is 7.17. The molecule has 0 N–H and O–H groups in total. The van der Waals surface area contributed by atoms with Gasteiger partial charge in [0.25, 0.3) is 0 Å². The lowest BCUT2D eigenvalue weighted by Gasteiger charge is -2.38. The fourth-order valence-electron chi connectivity index (χ4n) is 3.76. The number of likely N-dealkylation sites (tertiary alicyclic amines) is 1. The summed E-state index contributed by atoms with van der Waals surface area (Å²) in [6.07, 6.45) is 3.95. The second-order valence-corrected chi connectivity index (χ2v) is 9.15. The van der Waals surface area contributed by atoms with Crippen molar-refractivity contribution in [2.75, 3.05) is 60.2 Å². The molecular formula is C15H29N3O4S. The van der Waals surface area contributed by atoms with Crippen LogP contribution in [0.1, 0.15) is 19.3 Å². The molecule has 2 rings (SSSR count). The molecule has 0 aromatic carbocycles. The third-order valence-corrected chi connectivity index (χ3v) is 6.48. The minimum Gasteiger partial charge on any atom is -0.383 e. The highest BCUT2D eigenvalue weighted by molar-refractivity contribution is 7.88. The van der Waals surface area contributed by atoms with E-state index in [1.807, 2.05) is 0 Å². The summed E-state index contributed by atoms with van der Waals surface area (Å²) in [7, 11) is 2.11. The smallest absolute Gasteiger partial charge is 0.236 e. The Hall–Kier alpha value is -0.700. The fraction of sp³-hybridized carbons (Fsp3) is 0.933. The number of methoxy groups -OCH3 is 1. The molecule has 2 aliphatic rings. The van der Waals surface area contributed by atoms with E-state index in [1.165, 1.54) is 6.26 Å². The molecule has 1 spiro atoms. The SMILES string of the molecule is COC[C@@H]1CC2(CCN(S(C)(=O)=O)CC2)CN1CC(=O)N(C)C. The molecule has 2 heterocycles. The van der Waals surface area contributed by atoms with Crippen LogP contribution in [0.2, 0.25) is 0 Å². The molecule has 134 valence electrons. The quantitative estimate of drug-likeness (QED) is 0.691. The van der Waals surface area contributed by atoms with Gasteiger partial charge < -0.3 is 9.64 Å². The van der Waals surface area contributed by atoms with E-state index in [-0.39, 0.29) is 17.4 Å². The molecular weight excluding hydrogens is 318 g/mol. The molecule has 0 unspecified atom stereocenters. The molecule has 23 heavy (non-hydrogen) atoms. The van der Waals surface area contributed by atoms with Gasteiger partial charge >= 0.3 is 0 Å². The van der Waals surface area contributed by atoms with Gasteiger partial charge in [0.1, 0.15) is 0 Å². The van der Waals surface area contributed by atoms with E-state index in [2.05, 4.69) is 4.90 Å². The van der Waals surface area contributed by atoms with Crippen LogP contribution in [0.3, 0.4) is 0 Å². The molecule has 1 atom stereocenters. The standard InChI is InChI=1S/C15H29N3O4S/c1-16(2)14(19)10-17-12-15(9-13(17)11-22-3)5-7-18(8-6-15)23(4,20)21/h13H,5-12H2,1-4H3/t13-/m0/s1. The molecule has 0 aliphatic carbocycles. The Morgan fingerprint density at radius 1 is 1.30 bits per heavy atom. The van der Waals surface area contributed by atoms with Crippen molar-refractivity contribution in [3.63, 3.8) is 0 Å². The lowest BCUT2D eigenvalue weighted by molar-refractivity contribution is -0.130. The van der Waals surface area contributed by atoms with E-state index in [0.717, 1.165) is 25.8 Å². The van der Waals surface area contributed by atoms with E-state index in [4.69, 9.17) is 4.74 Å². The van der Waals surface area contributed by atoms with Crippen LogP contribution in [0, 0.1) is 5.41 Å². The number of piperidine rings is 1. The predicted octanol–water partition coefficient (Wildman–Crippen LogP) is -0.163. The first-order valence-electron chi connectivity index (χ1n) is 8.05. The first kappa shape index (κ1) is 18.6. The third-order valence-electron chi connectivity index (χ3n) is 5.17. The van der Waals surface area contributed by atoms with Crippen molar-refractivity contribution in [2.24, 2.45) is 5.41 Å². The summed E-state index contributed by atoms with van der Waals surface area (Å²) in [5.41, 5.74) is 0.108. The molecule has 7 nitrogen and oxygen atoms in total. The first-order valence-corrected chi connectivity index (χ1v) is 9.90. The molecule has 0 aromatic heterocycles. The van der Waals surface area contributed by atoms with E-state index >= 15 is 0 Å². The van der Waals surface area contributed by atoms with Gasteiger partial charge in [0.15, 0.2) is 0 Å². The van der Waals surface area contributed by atoms with Crippen molar-refractivity contribution in [2.45, 2.75) is 25.3 Å². The first-order chi connectivity index (χ1) is 10.7. The van der Waals surface area contributed by atoms with Crippen LogP contribution in [0.15, 0.2) is 0 Å². The van der Waals surface area contributed by atoms with Gasteiger partial charge in [-0.25, -0.2) is 12.7 Å². The van der Waals surface area contributed by atoms with Gasteiger partial charge in [-0.3, -0.25) is 9.69 Å². The average Bonchev–Trinajstić information content (AvgIpc) is 2.76. The van der Waals surface area contributed by atoms with Crippen LogP contribution in [0.4, 0.5) is 0 Å². The number of hydrogen-bond donors (Lipinski definition) is 0. The van der Waals surface area contributed by atoms with Crippen LogP contribution in [0.25, 0.3) is 0 Å². The van der Waals surface area contributed by atoms with Gasteiger partial charge in [0, 0.05) is 46.9 Å². The molecule has 0 aromatic rings. The van der Waals surface area contributed by atoms with Crippen LogP contribution in [-0.2, 0) is 19.6 Å². The molecule has 2 saturated heterocycles. The number of nitrogens with zero attached hydrogens (tertiary/aromatic N) is 3. The maximum absolute atomic E-state index is 12.1. The molecule has 1 amide bonds. The largest absolute Gasteiger partial charge is 0.383 e. The summed E-state index contributed by atoms with van der Waals surface area (Å²) in [6, 6.07) is 0.230. The number of hydrogen-bond acceptors (Lipinski definition) is 5. The molecule has 0 saturated carbocycles. The number of carbonyl (C=O) groups excluding carboxylic acids is 1. The van der Waals surface area contributed by atoms with Crippen LogP contribution in [0.5, 0.6) is 0 Å². The zero-order chi connectivity index (χ0) is 17.3. The lowest BCUT2D eigenvalue weighted by Crippen LogP contribution is -2.44. The summed E-state index contributed by atoms with van der Waals surface area (Å²) < 4.78 is 30.3. The Balaban J connectivity index is 2.03. The summed E-state index contributed by atoms with van der Waals surface area (Å²) in [5, 5.41) is 0. The summed E-state index contributed by atoms with van der Waals surface area (Å²) in [6.45, 7) is 3.01. The monoisotopic (exact) mass is 347 g/mol. The van der Waals surface area contributed by atoms with E-state index in [0.29, 0.717) is 26.2 Å². The predicted molar refractivity (Wildman–Crippen MR) is 88.6 cm³/mol. The van der Waals surface area contributed by atoms with Crippen molar-refractivity contribution in [3.8, 4) is 0 Å². The topological polar surface area (TPSA) is 70.2 Å². The maximum atomic E-state index is 12.1. The average molecular weight is 347 g/mol. The number of ether oxygens (including phenoxy) is 1. The number of sulfonamides is 1. The lowest BCUT2D eigenvalue weighted by atomic mass is 9.77. The summed E-state index contributed by atoms with van der Waals surface area (Å²) in [5.74, 6) is 0.0942. The summed E-state index contributed by atoms with van der Waals surface area (Å²) >= 11 is 0. The van der Waals surface area contributed by atoms with Gasteiger partial charge in [0.2, 0.25) is 15.9 Å². The minimum atomic E-state index is -3.11. The van der Waals surface area contributed by atoms with Gasteiger partial charge in [-0.2, -0.15) is 0 Å². The van der Waals surface area contributed by atoms with Gasteiger partial charge in [-0.1, -0.05) is 0 Å². The molecule has 0 radical (unpaired) electrons. The Labute approximate surface area is 139 Å². The van der Waals surface area contributed by atoms with Crippen LogP contribution in [-0.4, -0.2) is 94.7 Å². The van der Waals surface area contributed by atoms with E-state index in [1.54, 1.807) is 30.4 Å². The highest BCUT2D eigenvalue weighted by Crippen LogP contribution is 2.43.